The van der Waals surface area contributed by atoms with Gasteiger partial charge in [0.1, 0.15) is 11.9 Å². The Labute approximate surface area is 111 Å². The molecule has 1 atom stereocenters. The Hall–Kier alpha value is -2.26. The first-order valence-electron chi connectivity index (χ1n) is 5.64. The number of primary amides is 1. The molecule has 0 heterocycles. The normalized spacial score (nSPS) is 11.2. The van der Waals surface area contributed by atoms with Crippen molar-refractivity contribution in [2.45, 2.75) is 13.0 Å². The molecule has 5 nitrogen and oxygen atoms in total. The van der Waals surface area contributed by atoms with E-state index in [0.717, 1.165) is 5.69 Å². The first-order chi connectivity index (χ1) is 8.91. The molecule has 102 valence electrons. The Bertz CT molecular complexity index is 493. The van der Waals surface area contributed by atoms with Crippen LogP contribution in [0.3, 0.4) is 0 Å². The molecule has 0 saturated carbocycles. The number of carbonyl (C=O) groups excluding carboxylic acids is 1. The van der Waals surface area contributed by atoms with Crippen LogP contribution in [0.1, 0.15) is 6.92 Å². The smallest absolute Gasteiger partial charge is 0.339 e. The molecule has 0 aromatic heterocycles. The quantitative estimate of drug-likeness (QED) is 0.493. The number of halogens is 1. The van der Waals surface area contributed by atoms with Gasteiger partial charge < -0.3 is 10.6 Å². The minimum Gasteiger partial charge on any atom is -0.363 e. The summed E-state index contributed by atoms with van der Waals surface area (Å²) in [5.74, 6) is 5.19. The summed E-state index contributed by atoms with van der Waals surface area (Å²) in [5, 5.41) is 9.57. The SMILES string of the molecule is CC(C#CCN(C)c1ccc(F)cc1)N(O)C(N)=O. The van der Waals surface area contributed by atoms with Gasteiger partial charge in [0.2, 0.25) is 0 Å². The Morgan fingerprint density at radius 3 is 2.58 bits per heavy atom. The predicted molar refractivity (Wildman–Crippen MR) is 70.1 cm³/mol. The molecule has 3 N–H and O–H groups in total. The van der Waals surface area contributed by atoms with Crippen molar-refractivity contribution in [1.29, 1.82) is 0 Å². The average molecular weight is 265 g/mol. The van der Waals surface area contributed by atoms with Gasteiger partial charge in [-0.1, -0.05) is 11.8 Å². The Kier molecular flexibility index (Phi) is 5.15. The van der Waals surface area contributed by atoms with Crippen LogP contribution >= 0.6 is 0 Å². The fraction of sp³-hybridized carbons (Fsp3) is 0.308. The van der Waals surface area contributed by atoms with E-state index in [1.165, 1.54) is 12.1 Å². The molecule has 0 radical (unpaired) electrons. The minimum atomic E-state index is -0.950. The number of anilines is 1. The van der Waals surface area contributed by atoms with Crippen LogP contribution in [0.2, 0.25) is 0 Å². The van der Waals surface area contributed by atoms with E-state index in [4.69, 9.17) is 5.73 Å². The zero-order chi connectivity index (χ0) is 14.4. The molecule has 0 saturated heterocycles. The van der Waals surface area contributed by atoms with Crippen molar-refractivity contribution in [3.63, 3.8) is 0 Å². The summed E-state index contributed by atoms with van der Waals surface area (Å²) in [7, 11) is 1.80. The third-order valence-corrected chi connectivity index (χ3v) is 2.49. The molecule has 1 unspecified atom stereocenters. The monoisotopic (exact) mass is 265 g/mol. The summed E-state index contributed by atoms with van der Waals surface area (Å²) in [4.78, 5) is 12.5. The second-order valence-electron chi connectivity index (χ2n) is 4.01. The van der Waals surface area contributed by atoms with E-state index in [-0.39, 0.29) is 5.82 Å². The third-order valence-electron chi connectivity index (χ3n) is 2.49. The maximum absolute atomic E-state index is 12.7. The van der Waals surface area contributed by atoms with Gasteiger partial charge in [-0.3, -0.25) is 5.21 Å². The zero-order valence-corrected chi connectivity index (χ0v) is 10.8. The van der Waals surface area contributed by atoms with Crippen LogP contribution in [0.15, 0.2) is 24.3 Å². The van der Waals surface area contributed by atoms with E-state index >= 15 is 0 Å². The standard InChI is InChI=1S/C13H16FN3O2/c1-10(17(19)13(15)18)4-3-9-16(2)12-7-5-11(14)6-8-12/h5-8,10,19H,9H2,1-2H3,(H2,15,18). The van der Waals surface area contributed by atoms with Crippen molar-refractivity contribution in [3.05, 3.63) is 30.1 Å². The van der Waals surface area contributed by atoms with E-state index in [2.05, 4.69) is 11.8 Å². The second-order valence-corrected chi connectivity index (χ2v) is 4.01. The Balaban J connectivity index is 2.57. The highest BCUT2D eigenvalue weighted by atomic mass is 19.1. The number of amides is 2. The molecule has 1 aromatic carbocycles. The van der Waals surface area contributed by atoms with Gasteiger partial charge in [0.05, 0.1) is 6.54 Å². The zero-order valence-electron chi connectivity index (χ0n) is 10.8. The molecule has 0 aliphatic carbocycles. The van der Waals surface area contributed by atoms with Gasteiger partial charge >= 0.3 is 6.03 Å². The van der Waals surface area contributed by atoms with E-state index in [0.29, 0.717) is 11.6 Å². The van der Waals surface area contributed by atoms with E-state index in [9.17, 15) is 14.4 Å². The van der Waals surface area contributed by atoms with Gasteiger partial charge in [0, 0.05) is 12.7 Å². The van der Waals surface area contributed by atoms with Crippen LogP contribution < -0.4 is 10.6 Å². The maximum Gasteiger partial charge on any atom is 0.339 e. The molecule has 0 aliphatic rings. The summed E-state index contributed by atoms with van der Waals surface area (Å²) < 4.78 is 12.7. The molecule has 0 spiro atoms. The largest absolute Gasteiger partial charge is 0.363 e. The molecule has 6 heteroatoms. The first kappa shape index (κ1) is 14.8. The lowest BCUT2D eigenvalue weighted by atomic mass is 10.3. The molecule has 0 fully saturated rings. The van der Waals surface area contributed by atoms with E-state index in [1.807, 2.05) is 4.90 Å². The molecule has 1 rings (SSSR count). The van der Waals surface area contributed by atoms with Crippen LogP contribution in [0.5, 0.6) is 0 Å². The summed E-state index contributed by atoms with van der Waals surface area (Å²) in [6, 6.07) is 4.38. The number of urea groups is 1. The number of nitrogens with zero attached hydrogens (tertiary/aromatic N) is 2. The lowest BCUT2D eigenvalue weighted by Gasteiger charge is -2.17. The molecular formula is C13H16FN3O2. The lowest BCUT2D eigenvalue weighted by molar-refractivity contribution is -0.0536. The van der Waals surface area contributed by atoms with Gasteiger partial charge in [-0.25, -0.2) is 9.18 Å². The van der Waals surface area contributed by atoms with Crippen molar-refractivity contribution in [3.8, 4) is 11.8 Å². The third kappa shape index (κ3) is 4.48. The topological polar surface area (TPSA) is 69.8 Å². The molecular weight excluding hydrogens is 249 g/mol. The number of hydrogen-bond donors (Lipinski definition) is 2. The summed E-state index contributed by atoms with van der Waals surface area (Å²) >= 11 is 0. The molecule has 2 amide bonds. The van der Waals surface area contributed by atoms with E-state index in [1.54, 1.807) is 26.1 Å². The number of hydrogen-bond acceptors (Lipinski definition) is 3. The van der Waals surface area contributed by atoms with Crippen LogP contribution in [0.4, 0.5) is 14.9 Å². The number of hydroxylamine groups is 2. The van der Waals surface area contributed by atoms with E-state index < -0.39 is 12.1 Å². The molecule has 0 aliphatic heterocycles. The van der Waals surface area contributed by atoms with Gasteiger partial charge in [-0.15, -0.1) is 0 Å². The maximum atomic E-state index is 12.7. The fourth-order valence-electron chi connectivity index (χ4n) is 1.35. The van der Waals surface area contributed by atoms with Crippen molar-refractivity contribution in [2.75, 3.05) is 18.5 Å². The van der Waals surface area contributed by atoms with Crippen molar-refractivity contribution >= 4 is 11.7 Å². The highest BCUT2D eigenvalue weighted by molar-refractivity contribution is 5.71. The summed E-state index contributed by atoms with van der Waals surface area (Å²) in [5.41, 5.74) is 5.72. The molecule has 19 heavy (non-hydrogen) atoms. The van der Waals surface area contributed by atoms with Crippen molar-refractivity contribution in [2.24, 2.45) is 5.73 Å². The van der Waals surface area contributed by atoms with Gasteiger partial charge in [0.15, 0.2) is 0 Å². The van der Waals surface area contributed by atoms with Gasteiger partial charge in [-0.2, -0.15) is 5.06 Å². The fourth-order valence-corrected chi connectivity index (χ4v) is 1.35. The highest BCUT2D eigenvalue weighted by Crippen LogP contribution is 2.12. The highest BCUT2D eigenvalue weighted by Gasteiger charge is 2.11. The Morgan fingerprint density at radius 2 is 2.05 bits per heavy atom. The first-order valence-corrected chi connectivity index (χ1v) is 5.64. The van der Waals surface area contributed by atoms with Gasteiger partial charge in [0.25, 0.3) is 0 Å². The Morgan fingerprint density at radius 1 is 1.47 bits per heavy atom. The number of benzene rings is 1. The van der Waals surface area contributed by atoms with Crippen LogP contribution in [-0.2, 0) is 0 Å². The number of rotatable bonds is 3. The van der Waals surface area contributed by atoms with Crippen LogP contribution in [0, 0.1) is 17.7 Å². The van der Waals surface area contributed by atoms with Crippen molar-refractivity contribution < 1.29 is 14.4 Å². The minimum absolute atomic E-state index is 0.297. The summed E-state index contributed by atoms with van der Waals surface area (Å²) in [6.45, 7) is 1.93. The van der Waals surface area contributed by atoms with Crippen LogP contribution in [0.25, 0.3) is 0 Å². The average Bonchev–Trinajstić information content (AvgIpc) is 2.38. The van der Waals surface area contributed by atoms with Gasteiger partial charge in [-0.05, 0) is 31.2 Å². The number of nitrogens with two attached hydrogens (primary N) is 1. The number of carbonyl (C=O) groups is 1. The van der Waals surface area contributed by atoms with Crippen molar-refractivity contribution in [1.82, 2.24) is 5.06 Å². The van der Waals surface area contributed by atoms with Crippen LogP contribution in [-0.4, -0.2) is 35.9 Å². The summed E-state index contributed by atoms with van der Waals surface area (Å²) in [6.07, 6.45) is 0. The second kappa shape index (κ2) is 6.61. The molecule has 1 aromatic rings. The molecule has 0 bridgehead atoms. The predicted octanol–water partition coefficient (Wildman–Crippen LogP) is 1.42. The lowest BCUT2D eigenvalue weighted by Crippen LogP contribution is -2.38.